The summed E-state index contributed by atoms with van der Waals surface area (Å²) in [5, 5.41) is 12.0. The van der Waals surface area contributed by atoms with Crippen molar-refractivity contribution in [3.05, 3.63) is 23.0 Å². The molecule has 0 spiro atoms. The molecule has 26 heavy (non-hydrogen) atoms. The van der Waals surface area contributed by atoms with Crippen LogP contribution < -0.4 is 0 Å². The number of hydrogen-bond acceptors (Lipinski definition) is 6. The Hall–Kier alpha value is -0.990. The van der Waals surface area contributed by atoms with E-state index in [0.717, 1.165) is 49.9 Å². The molecule has 2 aromatic heterocycles. The molecule has 2 atom stereocenters. The van der Waals surface area contributed by atoms with E-state index in [9.17, 15) is 5.11 Å². The normalized spacial score (nSPS) is 26.7. The number of imidazole rings is 1. The Morgan fingerprint density at radius 2 is 2.00 bits per heavy atom. The molecule has 4 heterocycles. The van der Waals surface area contributed by atoms with Crippen LogP contribution in [0.3, 0.4) is 0 Å². The maximum absolute atomic E-state index is 9.93. The summed E-state index contributed by atoms with van der Waals surface area (Å²) in [4.78, 5) is 13.3. The van der Waals surface area contributed by atoms with Gasteiger partial charge in [-0.3, -0.25) is 9.30 Å². The zero-order valence-corrected chi connectivity index (χ0v) is 16.8. The average molecular weight is 378 g/mol. The number of aromatic nitrogens is 2. The molecule has 2 aliphatic heterocycles. The summed E-state index contributed by atoms with van der Waals surface area (Å²) in [7, 11) is 2.22. The molecular weight excluding hydrogens is 346 g/mol. The SMILES string of the molecule is Cc1nc2sccn2c1CN1C[C@@H](CN2CCCN(C)CC2)[C@@H](CO)C1. The Balaban J connectivity index is 1.40. The van der Waals surface area contributed by atoms with E-state index in [-0.39, 0.29) is 0 Å². The van der Waals surface area contributed by atoms with E-state index in [1.807, 2.05) is 0 Å². The first-order chi connectivity index (χ1) is 12.6. The van der Waals surface area contributed by atoms with Crippen LogP contribution in [0.25, 0.3) is 4.96 Å². The van der Waals surface area contributed by atoms with Crippen molar-refractivity contribution in [2.24, 2.45) is 11.8 Å². The molecule has 0 bridgehead atoms. The standard InChI is InChI=1S/C19H31N5OS/c1-15-18(24-8-9-26-19(24)20-15)13-23-11-16(17(12-23)14-25)10-22-5-3-4-21(2)6-7-22/h8-9,16-17,25H,3-7,10-14H2,1-2H3/t16-,17-/m1/s1. The Morgan fingerprint density at radius 3 is 2.85 bits per heavy atom. The maximum atomic E-state index is 9.93. The maximum Gasteiger partial charge on any atom is 0.194 e. The number of hydrogen-bond donors (Lipinski definition) is 1. The van der Waals surface area contributed by atoms with Gasteiger partial charge in [0, 0.05) is 57.5 Å². The van der Waals surface area contributed by atoms with E-state index in [4.69, 9.17) is 0 Å². The van der Waals surface area contributed by atoms with E-state index < -0.39 is 0 Å². The third kappa shape index (κ3) is 3.82. The summed E-state index contributed by atoms with van der Waals surface area (Å²) >= 11 is 1.69. The predicted octanol–water partition coefficient (Wildman–Crippen LogP) is 1.38. The van der Waals surface area contributed by atoms with E-state index >= 15 is 0 Å². The fourth-order valence-corrected chi connectivity index (χ4v) is 5.31. The molecule has 4 rings (SSSR count). The van der Waals surface area contributed by atoms with Crippen molar-refractivity contribution in [3.63, 3.8) is 0 Å². The number of aliphatic hydroxyl groups is 1. The third-order valence-corrected chi connectivity index (χ3v) is 6.88. The summed E-state index contributed by atoms with van der Waals surface area (Å²) in [6, 6.07) is 0. The number of rotatable bonds is 5. The van der Waals surface area contributed by atoms with Crippen molar-refractivity contribution >= 4 is 16.3 Å². The van der Waals surface area contributed by atoms with Crippen LogP contribution in [0.4, 0.5) is 0 Å². The van der Waals surface area contributed by atoms with Crippen LogP contribution in [0.1, 0.15) is 17.8 Å². The molecule has 2 aliphatic rings. The van der Waals surface area contributed by atoms with Crippen LogP contribution in [-0.4, -0.2) is 88.7 Å². The van der Waals surface area contributed by atoms with Gasteiger partial charge in [0.2, 0.25) is 0 Å². The molecule has 144 valence electrons. The minimum atomic E-state index is 0.300. The highest BCUT2D eigenvalue weighted by Crippen LogP contribution is 2.27. The van der Waals surface area contributed by atoms with Crippen molar-refractivity contribution in [1.82, 2.24) is 24.1 Å². The Labute approximate surface area is 160 Å². The zero-order valence-electron chi connectivity index (χ0n) is 16.0. The minimum absolute atomic E-state index is 0.300. The lowest BCUT2D eigenvalue weighted by Crippen LogP contribution is -2.36. The summed E-state index contributed by atoms with van der Waals surface area (Å²) in [6.45, 7) is 11.2. The van der Waals surface area contributed by atoms with E-state index in [2.05, 4.69) is 49.6 Å². The van der Waals surface area contributed by atoms with Gasteiger partial charge in [0.25, 0.3) is 0 Å². The number of fused-ring (bicyclic) bond motifs is 1. The average Bonchev–Trinajstić information content (AvgIpc) is 3.25. The van der Waals surface area contributed by atoms with Gasteiger partial charge in [-0.15, -0.1) is 11.3 Å². The van der Waals surface area contributed by atoms with Crippen LogP contribution >= 0.6 is 11.3 Å². The smallest absolute Gasteiger partial charge is 0.194 e. The van der Waals surface area contributed by atoms with Gasteiger partial charge in [-0.05, 0) is 45.3 Å². The Morgan fingerprint density at radius 1 is 1.15 bits per heavy atom. The third-order valence-electron chi connectivity index (χ3n) is 6.13. The lowest BCUT2D eigenvalue weighted by Gasteiger charge is -2.26. The van der Waals surface area contributed by atoms with Crippen molar-refractivity contribution in [2.75, 3.05) is 59.5 Å². The monoisotopic (exact) mass is 377 g/mol. The topological polar surface area (TPSA) is 47.2 Å². The zero-order chi connectivity index (χ0) is 18.1. The summed E-state index contributed by atoms with van der Waals surface area (Å²) in [5.41, 5.74) is 2.44. The van der Waals surface area contributed by atoms with Gasteiger partial charge in [-0.2, -0.15) is 0 Å². The van der Waals surface area contributed by atoms with E-state index in [0.29, 0.717) is 18.4 Å². The highest BCUT2D eigenvalue weighted by molar-refractivity contribution is 7.15. The molecule has 7 heteroatoms. The van der Waals surface area contributed by atoms with Crippen molar-refractivity contribution in [1.29, 1.82) is 0 Å². The first kappa shape index (κ1) is 18.4. The summed E-state index contributed by atoms with van der Waals surface area (Å²) in [5.74, 6) is 0.955. The molecule has 0 amide bonds. The molecule has 0 saturated carbocycles. The van der Waals surface area contributed by atoms with Crippen molar-refractivity contribution in [3.8, 4) is 0 Å². The summed E-state index contributed by atoms with van der Waals surface area (Å²) < 4.78 is 2.23. The highest BCUT2D eigenvalue weighted by atomic mass is 32.1. The molecule has 1 N–H and O–H groups in total. The number of thiazole rings is 1. The molecule has 0 aromatic carbocycles. The lowest BCUT2D eigenvalue weighted by molar-refractivity contribution is 0.165. The largest absolute Gasteiger partial charge is 0.396 e. The fraction of sp³-hybridized carbons (Fsp3) is 0.737. The molecule has 0 aliphatic carbocycles. The van der Waals surface area contributed by atoms with Crippen molar-refractivity contribution < 1.29 is 5.11 Å². The second-order valence-electron chi connectivity index (χ2n) is 8.05. The molecule has 2 saturated heterocycles. The van der Waals surface area contributed by atoms with Gasteiger partial charge in [-0.1, -0.05) is 0 Å². The Bertz CT molecular complexity index is 729. The molecule has 0 unspecified atom stereocenters. The number of likely N-dealkylation sites (N-methyl/N-ethyl adjacent to an activating group) is 1. The minimum Gasteiger partial charge on any atom is -0.396 e. The number of likely N-dealkylation sites (tertiary alicyclic amines) is 1. The predicted molar refractivity (Wildman–Crippen MR) is 106 cm³/mol. The van der Waals surface area contributed by atoms with Crippen LogP contribution in [0.5, 0.6) is 0 Å². The fourth-order valence-electron chi connectivity index (χ4n) is 4.54. The highest BCUT2D eigenvalue weighted by Gasteiger charge is 2.34. The van der Waals surface area contributed by atoms with Gasteiger partial charge in [0.1, 0.15) is 0 Å². The lowest BCUT2D eigenvalue weighted by atomic mass is 9.96. The second kappa shape index (κ2) is 7.94. The van der Waals surface area contributed by atoms with Gasteiger partial charge >= 0.3 is 0 Å². The molecule has 0 radical (unpaired) electrons. The number of aliphatic hydroxyl groups excluding tert-OH is 1. The van der Waals surface area contributed by atoms with Gasteiger partial charge in [0.15, 0.2) is 4.96 Å². The van der Waals surface area contributed by atoms with Gasteiger partial charge in [-0.25, -0.2) is 4.98 Å². The van der Waals surface area contributed by atoms with E-state index in [1.54, 1.807) is 11.3 Å². The van der Waals surface area contributed by atoms with Gasteiger partial charge in [0.05, 0.1) is 11.4 Å². The first-order valence-corrected chi connectivity index (χ1v) is 10.7. The molecule has 6 nitrogen and oxygen atoms in total. The number of aryl methyl sites for hydroxylation is 1. The van der Waals surface area contributed by atoms with Crippen LogP contribution in [0, 0.1) is 18.8 Å². The van der Waals surface area contributed by atoms with Crippen LogP contribution in [0.2, 0.25) is 0 Å². The molecule has 2 fully saturated rings. The first-order valence-electron chi connectivity index (χ1n) is 9.79. The number of nitrogens with zero attached hydrogens (tertiary/aromatic N) is 5. The van der Waals surface area contributed by atoms with E-state index in [1.165, 1.54) is 25.2 Å². The van der Waals surface area contributed by atoms with Crippen LogP contribution in [-0.2, 0) is 6.54 Å². The quantitative estimate of drug-likeness (QED) is 0.853. The van der Waals surface area contributed by atoms with Crippen molar-refractivity contribution in [2.45, 2.75) is 19.9 Å². The molecule has 2 aromatic rings. The van der Waals surface area contributed by atoms with Gasteiger partial charge < -0.3 is 14.9 Å². The Kier molecular flexibility index (Phi) is 5.61. The van der Waals surface area contributed by atoms with Crippen LogP contribution in [0.15, 0.2) is 11.6 Å². The summed E-state index contributed by atoms with van der Waals surface area (Å²) in [6.07, 6.45) is 3.38. The molecular formula is C19H31N5OS. The second-order valence-corrected chi connectivity index (χ2v) is 8.93.